The second-order valence-corrected chi connectivity index (χ2v) is 4.82. The van der Waals surface area contributed by atoms with Crippen molar-refractivity contribution in [2.24, 2.45) is 12.8 Å². The quantitative estimate of drug-likeness (QED) is 0.851. The first kappa shape index (κ1) is 14.4. The standard InChI is InChI=1S/C12H10ClFN4OS/c1-18-11(8(5-16-18)10(15)20)17-12(19)7-3-2-6(14)4-9(7)13/h2-5H,1H3,(H2,15,20)(H,17,19). The van der Waals surface area contributed by atoms with Crippen molar-refractivity contribution in [3.05, 3.63) is 46.4 Å². The fraction of sp³-hybridized carbons (Fsp3) is 0.0833. The predicted molar refractivity (Wildman–Crippen MR) is 78.5 cm³/mol. The molecule has 20 heavy (non-hydrogen) atoms. The third-order valence-electron chi connectivity index (χ3n) is 2.61. The van der Waals surface area contributed by atoms with Crippen LogP contribution in [0.5, 0.6) is 0 Å². The monoisotopic (exact) mass is 312 g/mol. The molecule has 0 unspecified atom stereocenters. The second kappa shape index (κ2) is 5.56. The number of aromatic nitrogens is 2. The van der Waals surface area contributed by atoms with Crippen LogP contribution >= 0.6 is 23.8 Å². The molecule has 0 spiro atoms. The Labute approximate surface area is 124 Å². The fourth-order valence-electron chi connectivity index (χ4n) is 1.61. The summed E-state index contributed by atoms with van der Waals surface area (Å²) in [6.07, 6.45) is 1.45. The van der Waals surface area contributed by atoms with Gasteiger partial charge in [0.25, 0.3) is 5.91 Å². The van der Waals surface area contributed by atoms with Crippen molar-refractivity contribution in [1.29, 1.82) is 0 Å². The number of thiocarbonyl (C=S) groups is 1. The van der Waals surface area contributed by atoms with Gasteiger partial charge < -0.3 is 11.1 Å². The molecule has 104 valence electrons. The molecule has 0 atom stereocenters. The van der Waals surface area contributed by atoms with Crippen LogP contribution in [0, 0.1) is 5.82 Å². The Kier molecular flexibility index (Phi) is 4.01. The highest BCUT2D eigenvalue weighted by Crippen LogP contribution is 2.20. The van der Waals surface area contributed by atoms with Gasteiger partial charge in [-0.2, -0.15) is 5.10 Å². The van der Waals surface area contributed by atoms with Gasteiger partial charge in [-0.15, -0.1) is 0 Å². The van der Waals surface area contributed by atoms with Crippen molar-refractivity contribution in [2.45, 2.75) is 0 Å². The number of hydrogen-bond acceptors (Lipinski definition) is 3. The van der Waals surface area contributed by atoms with E-state index in [2.05, 4.69) is 10.4 Å². The van der Waals surface area contributed by atoms with Gasteiger partial charge in [-0.3, -0.25) is 9.48 Å². The molecule has 0 radical (unpaired) electrons. The molecule has 8 heteroatoms. The number of nitrogens with zero attached hydrogens (tertiary/aromatic N) is 2. The summed E-state index contributed by atoms with van der Waals surface area (Å²) in [6.45, 7) is 0. The maximum Gasteiger partial charge on any atom is 0.258 e. The molecule has 0 aliphatic heterocycles. The number of hydrogen-bond donors (Lipinski definition) is 2. The molecule has 2 rings (SSSR count). The Morgan fingerprint density at radius 1 is 1.50 bits per heavy atom. The van der Waals surface area contributed by atoms with Crippen LogP contribution in [0.4, 0.5) is 10.2 Å². The van der Waals surface area contributed by atoms with E-state index in [4.69, 9.17) is 29.6 Å². The molecule has 1 aromatic carbocycles. The maximum absolute atomic E-state index is 13.0. The van der Waals surface area contributed by atoms with Crippen LogP contribution in [0.1, 0.15) is 15.9 Å². The van der Waals surface area contributed by atoms with Crippen LogP contribution in [0.15, 0.2) is 24.4 Å². The van der Waals surface area contributed by atoms with Gasteiger partial charge in [-0.1, -0.05) is 23.8 Å². The minimum absolute atomic E-state index is 0.0153. The minimum atomic E-state index is -0.518. The zero-order valence-electron chi connectivity index (χ0n) is 10.4. The Balaban J connectivity index is 2.33. The van der Waals surface area contributed by atoms with E-state index in [1.165, 1.54) is 16.9 Å². The number of aryl methyl sites for hydroxylation is 1. The number of nitrogens with two attached hydrogens (primary N) is 1. The van der Waals surface area contributed by atoms with E-state index in [0.717, 1.165) is 12.1 Å². The number of benzene rings is 1. The summed E-state index contributed by atoms with van der Waals surface area (Å²) in [6, 6.07) is 3.51. The first-order valence-electron chi connectivity index (χ1n) is 5.48. The highest BCUT2D eigenvalue weighted by molar-refractivity contribution is 7.80. The number of carbonyl (C=O) groups is 1. The summed E-state index contributed by atoms with van der Waals surface area (Å²) in [7, 11) is 1.63. The van der Waals surface area contributed by atoms with Gasteiger partial charge in [0.2, 0.25) is 0 Å². The maximum atomic E-state index is 13.0. The molecule has 1 aromatic heterocycles. The summed E-state index contributed by atoms with van der Waals surface area (Å²) in [4.78, 5) is 12.2. The molecule has 0 bridgehead atoms. The average Bonchev–Trinajstić information content (AvgIpc) is 2.71. The highest BCUT2D eigenvalue weighted by atomic mass is 35.5. The molecule has 0 aliphatic rings. The van der Waals surface area contributed by atoms with E-state index < -0.39 is 11.7 Å². The summed E-state index contributed by atoms with van der Waals surface area (Å²) in [5, 5.41) is 6.58. The molecule has 1 amide bonds. The largest absolute Gasteiger partial charge is 0.389 e. The number of halogens is 2. The van der Waals surface area contributed by atoms with E-state index in [0.29, 0.717) is 11.4 Å². The van der Waals surface area contributed by atoms with Gasteiger partial charge in [0.15, 0.2) is 0 Å². The summed E-state index contributed by atoms with van der Waals surface area (Å²) in [5.41, 5.74) is 6.12. The van der Waals surface area contributed by atoms with Gasteiger partial charge in [-0.25, -0.2) is 4.39 Å². The van der Waals surface area contributed by atoms with E-state index in [9.17, 15) is 9.18 Å². The molecule has 0 saturated carbocycles. The Bertz CT molecular complexity index is 701. The number of anilines is 1. The molecule has 1 heterocycles. The fourth-order valence-corrected chi connectivity index (χ4v) is 2.02. The van der Waals surface area contributed by atoms with E-state index in [1.807, 2.05) is 0 Å². The van der Waals surface area contributed by atoms with Gasteiger partial charge in [0, 0.05) is 7.05 Å². The molecular weight excluding hydrogens is 303 g/mol. The second-order valence-electron chi connectivity index (χ2n) is 3.97. The molecule has 2 aromatic rings. The lowest BCUT2D eigenvalue weighted by molar-refractivity contribution is 0.102. The first-order chi connectivity index (χ1) is 9.40. The first-order valence-corrected chi connectivity index (χ1v) is 6.27. The lowest BCUT2D eigenvalue weighted by Gasteiger charge is -2.09. The van der Waals surface area contributed by atoms with Crippen molar-refractivity contribution in [2.75, 3.05) is 5.32 Å². The topological polar surface area (TPSA) is 72.9 Å². The minimum Gasteiger partial charge on any atom is -0.389 e. The predicted octanol–water partition coefficient (Wildman–Crippen LogP) is 2.10. The normalized spacial score (nSPS) is 10.3. The molecule has 0 fully saturated rings. The summed E-state index contributed by atoms with van der Waals surface area (Å²) < 4.78 is 14.4. The van der Waals surface area contributed by atoms with Gasteiger partial charge in [0.1, 0.15) is 16.6 Å². The van der Waals surface area contributed by atoms with E-state index in [1.54, 1.807) is 7.05 Å². The van der Waals surface area contributed by atoms with Crippen LogP contribution < -0.4 is 11.1 Å². The lowest BCUT2D eigenvalue weighted by atomic mass is 10.2. The van der Waals surface area contributed by atoms with Crippen LogP contribution in [0.2, 0.25) is 5.02 Å². The number of amides is 1. The van der Waals surface area contributed by atoms with Crippen molar-refractivity contribution in [3.8, 4) is 0 Å². The number of rotatable bonds is 3. The summed E-state index contributed by atoms with van der Waals surface area (Å²) in [5.74, 6) is -0.671. The lowest BCUT2D eigenvalue weighted by Crippen LogP contribution is -2.19. The van der Waals surface area contributed by atoms with Gasteiger partial charge in [0.05, 0.1) is 22.3 Å². The zero-order chi connectivity index (χ0) is 14.9. The number of nitrogens with one attached hydrogen (secondary N) is 1. The van der Waals surface area contributed by atoms with Crippen molar-refractivity contribution in [3.63, 3.8) is 0 Å². The van der Waals surface area contributed by atoms with Crippen LogP contribution in [0.25, 0.3) is 0 Å². The molecular formula is C12H10ClFN4OS. The van der Waals surface area contributed by atoms with E-state index in [-0.39, 0.29) is 15.6 Å². The Hall–Kier alpha value is -1.99. The van der Waals surface area contributed by atoms with Crippen molar-refractivity contribution >= 4 is 40.5 Å². The molecule has 3 N–H and O–H groups in total. The zero-order valence-corrected chi connectivity index (χ0v) is 11.9. The molecule has 0 saturated heterocycles. The smallest absolute Gasteiger partial charge is 0.258 e. The van der Waals surface area contributed by atoms with E-state index >= 15 is 0 Å². The third kappa shape index (κ3) is 2.78. The van der Waals surface area contributed by atoms with Gasteiger partial charge >= 0.3 is 0 Å². The van der Waals surface area contributed by atoms with Crippen molar-refractivity contribution in [1.82, 2.24) is 9.78 Å². The Morgan fingerprint density at radius 3 is 2.80 bits per heavy atom. The highest BCUT2D eigenvalue weighted by Gasteiger charge is 2.17. The summed E-state index contributed by atoms with van der Waals surface area (Å²) >= 11 is 10.7. The molecule has 0 aliphatic carbocycles. The Morgan fingerprint density at radius 2 is 2.20 bits per heavy atom. The van der Waals surface area contributed by atoms with Crippen LogP contribution in [-0.2, 0) is 7.05 Å². The number of carbonyl (C=O) groups excluding carboxylic acids is 1. The average molecular weight is 313 g/mol. The van der Waals surface area contributed by atoms with Gasteiger partial charge in [-0.05, 0) is 18.2 Å². The van der Waals surface area contributed by atoms with Crippen LogP contribution in [0.3, 0.4) is 0 Å². The van der Waals surface area contributed by atoms with Crippen LogP contribution in [-0.4, -0.2) is 20.7 Å². The third-order valence-corrected chi connectivity index (χ3v) is 3.14. The SMILES string of the molecule is Cn1ncc(C(N)=S)c1NC(=O)c1ccc(F)cc1Cl. The molecule has 5 nitrogen and oxygen atoms in total. The van der Waals surface area contributed by atoms with Crippen molar-refractivity contribution < 1.29 is 9.18 Å².